The van der Waals surface area contributed by atoms with Gasteiger partial charge in [0.1, 0.15) is 5.75 Å². The van der Waals surface area contributed by atoms with Gasteiger partial charge in [0.15, 0.2) is 0 Å². The molecule has 1 aromatic carbocycles. The van der Waals surface area contributed by atoms with Gasteiger partial charge in [-0.25, -0.2) is 0 Å². The maximum absolute atomic E-state index is 5.83. The lowest BCUT2D eigenvalue weighted by Crippen LogP contribution is -2.18. The Hall–Kier alpha value is -1.50. The molecule has 110 valence electrons. The maximum Gasteiger partial charge on any atom is 0.125 e. The van der Waals surface area contributed by atoms with Crippen molar-refractivity contribution in [2.75, 3.05) is 26.9 Å². The molecule has 0 aromatic heterocycles. The van der Waals surface area contributed by atoms with Crippen LogP contribution in [0.1, 0.15) is 29.5 Å². The van der Waals surface area contributed by atoms with Crippen LogP contribution in [-0.2, 0) is 11.3 Å². The van der Waals surface area contributed by atoms with Crippen LogP contribution in [0.5, 0.6) is 5.75 Å². The van der Waals surface area contributed by atoms with Crippen molar-refractivity contribution in [2.24, 2.45) is 0 Å². The van der Waals surface area contributed by atoms with E-state index in [1.54, 1.807) is 7.11 Å². The van der Waals surface area contributed by atoms with Crippen molar-refractivity contribution in [3.05, 3.63) is 28.8 Å². The van der Waals surface area contributed by atoms with Gasteiger partial charge in [0.05, 0.1) is 13.2 Å². The third-order valence-electron chi connectivity index (χ3n) is 3.04. The molecule has 3 nitrogen and oxygen atoms in total. The highest BCUT2D eigenvalue weighted by Crippen LogP contribution is 2.25. The van der Waals surface area contributed by atoms with Crippen molar-refractivity contribution in [1.82, 2.24) is 5.32 Å². The lowest BCUT2D eigenvalue weighted by Gasteiger charge is -2.14. The zero-order valence-electron chi connectivity index (χ0n) is 12.8. The van der Waals surface area contributed by atoms with Gasteiger partial charge in [-0.05, 0) is 37.0 Å². The highest BCUT2D eigenvalue weighted by molar-refractivity contribution is 5.43. The highest BCUT2D eigenvalue weighted by Gasteiger charge is 2.06. The van der Waals surface area contributed by atoms with E-state index in [4.69, 9.17) is 15.9 Å². The Morgan fingerprint density at radius 1 is 1.20 bits per heavy atom. The number of rotatable bonds is 9. The van der Waals surface area contributed by atoms with Gasteiger partial charge >= 0.3 is 0 Å². The van der Waals surface area contributed by atoms with E-state index >= 15 is 0 Å². The molecule has 0 saturated heterocycles. The number of hydrogen-bond acceptors (Lipinski definition) is 3. The number of methoxy groups -OCH3 is 1. The Morgan fingerprint density at radius 3 is 2.50 bits per heavy atom. The van der Waals surface area contributed by atoms with Crippen LogP contribution >= 0.6 is 0 Å². The first-order valence-electron chi connectivity index (χ1n) is 7.05. The molecule has 0 aliphatic carbocycles. The molecule has 0 amide bonds. The number of terminal acetylenes is 1. The fraction of sp³-hybridized carbons (Fsp3) is 0.529. The fourth-order valence-corrected chi connectivity index (χ4v) is 2.13. The van der Waals surface area contributed by atoms with Gasteiger partial charge < -0.3 is 14.8 Å². The van der Waals surface area contributed by atoms with E-state index in [0.717, 1.165) is 38.3 Å². The molecule has 1 rings (SSSR count). The van der Waals surface area contributed by atoms with Crippen LogP contribution in [-0.4, -0.2) is 26.9 Å². The summed E-state index contributed by atoms with van der Waals surface area (Å²) in [6.07, 6.45) is 6.90. The summed E-state index contributed by atoms with van der Waals surface area (Å²) in [5.41, 5.74) is 3.62. The first kappa shape index (κ1) is 16.6. The van der Waals surface area contributed by atoms with E-state index < -0.39 is 0 Å². The van der Waals surface area contributed by atoms with Crippen LogP contribution in [0.15, 0.2) is 12.1 Å². The van der Waals surface area contributed by atoms with E-state index in [1.807, 2.05) is 0 Å². The zero-order chi connectivity index (χ0) is 14.8. The van der Waals surface area contributed by atoms with Gasteiger partial charge in [-0.1, -0.05) is 12.1 Å². The van der Waals surface area contributed by atoms with Gasteiger partial charge in [0.25, 0.3) is 0 Å². The molecule has 0 saturated carbocycles. The molecular weight excluding hydrogens is 250 g/mol. The molecule has 1 N–H and O–H groups in total. The summed E-state index contributed by atoms with van der Waals surface area (Å²) in [6, 6.07) is 4.34. The van der Waals surface area contributed by atoms with Crippen molar-refractivity contribution in [3.8, 4) is 18.1 Å². The summed E-state index contributed by atoms with van der Waals surface area (Å²) < 4.78 is 10.8. The fourth-order valence-electron chi connectivity index (χ4n) is 2.13. The molecule has 0 bridgehead atoms. The normalized spacial score (nSPS) is 10.3. The van der Waals surface area contributed by atoms with Crippen molar-refractivity contribution >= 4 is 0 Å². The Kier molecular flexibility index (Phi) is 7.79. The minimum Gasteiger partial charge on any atom is -0.493 e. The number of unbranched alkanes of at least 4 members (excludes halogenated alkanes) is 1. The molecule has 0 fully saturated rings. The second kappa shape index (κ2) is 9.41. The molecular formula is C17H25NO2. The third-order valence-corrected chi connectivity index (χ3v) is 3.04. The van der Waals surface area contributed by atoms with E-state index in [1.165, 1.54) is 16.7 Å². The predicted octanol–water partition coefficient (Wildman–Crippen LogP) is 2.83. The second-order valence-electron chi connectivity index (χ2n) is 4.88. The summed E-state index contributed by atoms with van der Waals surface area (Å²) >= 11 is 0. The number of benzene rings is 1. The van der Waals surface area contributed by atoms with E-state index in [9.17, 15) is 0 Å². The largest absolute Gasteiger partial charge is 0.493 e. The quantitative estimate of drug-likeness (QED) is 0.555. The third kappa shape index (κ3) is 5.64. The van der Waals surface area contributed by atoms with Gasteiger partial charge in [0.2, 0.25) is 0 Å². The van der Waals surface area contributed by atoms with Gasteiger partial charge in [-0.15, -0.1) is 12.3 Å². The molecule has 0 heterocycles. The van der Waals surface area contributed by atoms with Crippen LogP contribution in [0.4, 0.5) is 0 Å². The summed E-state index contributed by atoms with van der Waals surface area (Å²) in [6.45, 7) is 7.29. The molecule has 0 aliphatic rings. The smallest absolute Gasteiger partial charge is 0.125 e. The Morgan fingerprint density at radius 2 is 1.90 bits per heavy atom. The average Bonchev–Trinajstić information content (AvgIpc) is 2.42. The van der Waals surface area contributed by atoms with Gasteiger partial charge in [0, 0.05) is 26.6 Å². The SMILES string of the molecule is C#CCCCOc1c(C)cc(CNCCOC)cc1C. The Labute approximate surface area is 122 Å². The first-order chi connectivity index (χ1) is 9.69. The minimum atomic E-state index is 0.678. The van der Waals surface area contributed by atoms with Crippen LogP contribution in [0.3, 0.4) is 0 Å². The average molecular weight is 275 g/mol. The van der Waals surface area contributed by atoms with Crippen LogP contribution in [0, 0.1) is 26.2 Å². The Bertz CT molecular complexity index is 426. The number of hydrogen-bond donors (Lipinski definition) is 1. The van der Waals surface area contributed by atoms with Gasteiger partial charge in [-0.3, -0.25) is 0 Å². The van der Waals surface area contributed by atoms with Crippen molar-refractivity contribution in [1.29, 1.82) is 0 Å². The standard InChI is InChI=1S/C17H25NO2/c1-5-6-7-9-20-17-14(2)11-16(12-15(17)3)13-18-8-10-19-4/h1,11-12,18H,6-10,13H2,2-4H3. The minimum absolute atomic E-state index is 0.678. The first-order valence-corrected chi connectivity index (χ1v) is 7.05. The molecule has 1 aromatic rings. The molecule has 3 heteroatoms. The number of ether oxygens (including phenoxy) is 2. The summed E-state index contributed by atoms with van der Waals surface area (Å²) in [5.74, 6) is 3.62. The summed E-state index contributed by atoms with van der Waals surface area (Å²) in [5, 5.41) is 3.35. The Balaban J connectivity index is 2.55. The van der Waals surface area contributed by atoms with E-state index in [0.29, 0.717) is 6.61 Å². The lowest BCUT2D eigenvalue weighted by atomic mass is 10.1. The van der Waals surface area contributed by atoms with E-state index in [-0.39, 0.29) is 0 Å². The molecule has 0 radical (unpaired) electrons. The zero-order valence-corrected chi connectivity index (χ0v) is 12.8. The molecule has 20 heavy (non-hydrogen) atoms. The summed E-state index contributed by atoms with van der Waals surface area (Å²) in [7, 11) is 1.71. The van der Waals surface area contributed by atoms with Gasteiger partial charge in [-0.2, -0.15) is 0 Å². The maximum atomic E-state index is 5.83. The van der Waals surface area contributed by atoms with Crippen molar-refractivity contribution < 1.29 is 9.47 Å². The topological polar surface area (TPSA) is 30.5 Å². The van der Waals surface area contributed by atoms with Crippen LogP contribution in [0.25, 0.3) is 0 Å². The molecule has 0 unspecified atom stereocenters. The highest BCUT2D eigenvalue weighted by atomic mass is 16.5. The lowest BCUT2D eigenvalue weighted by molar-refractivity contribution is 0.199. The summed E-state index contributed by atoms with van der Waals surface area (Å²) in [4.78, 5) is 0. The van der Waals surface area contributed by atoms with Crippen molar-refractivity contribution in [2.45, 2.75) is 33.2 Å². The predicted molar refractivity (Wildman–Crippen MR) is 83.1 cm³/mol. The number of aryl methyl sites for hydroxylation is 2. The van der Waals surface area contributed by atoms with E-state index in [2.05, 4.69) is 37.2 Å². The number of nitrogens with one attached hydrogen (secondary N) is 1. The monoisotopic (exact) mass is 275 g/mol. The van der Waals surface area contributed by atoms with Crippen LogP contribution < -0.4 is 10.1 Å². The molecule has 0 spiro atoms. The molecule has 0 aliphatic heterocycles. The van der Waals surface area contributed by atoms with Crippen LogP contribution in [0.2, 0.25) is 0 Å². The van der Waals surface area contributed by atoms with Crippen molar-refractivity contribution in [3.63, 3.8) is 0 Å². The second-order valence-corrected chi connectivity index (χ2v) is 4.88. The molecule has 0 atom stereocenters.